The highest BCUT2D eigenvalue weighted by atomic mass is 16.2. The molecule has 15 heavy (non-hydrogen) atoms. The molecule has 88 valence electrons. The molecule has 0 saturated heterocycles. The van der Waals surface area contributed by atoms with Crippen molar-refractivity contribution < 1.29 is 9.59 Å². The molecule has 0 rings (SSSR count). The number of rotatable bonds is 6. The Morgan fingerprint density at radius 2 is 1.87 bits per heavy atom. The van der Waals surface area contributed by atoms with E-state index >= 15 is 0 Å². The Morgan fingerprint density at radius 3 is 2.27 bits per heavy atom. The molecule has 5 nitrogen and oxygen atoms in total. The van der Waals surface area contributed by atoms with Gasteiger partial charge < -0.3 is 16.4 Å². The molecular weight excluding hydrogens is 194 g/mol. The van der Waals surface area contributed by atoms with Crippen molar-refractivity contribution in [1.29, 1.82) is 0 Å². The smallest absolute Gasteiger partial charge is 0.239 e. The first-order valence-corrected chi connectivity index (χ1v) is 5.27. The summed E-state index contributed by atoms with van der Waals surface area (Å²) in [5.74, 6) is -0.368. The number of hydrogen-bond acceptors (Lipinski definition) is 3. The van der Waals surface area contributed by atoms with Gasteiger partial charge in [0.25, 0.3) is 0 Å². The molecule has 0 saturated carbocycles. The molecule has 0 heterocycles. The van der Waals surface area contributed by atoms with Gasteiger partial charge in [0.1, 0.15) is 0 Å². The second kappa shape index (κ2) is 7.23. The van der Waals surface area contributed by atoms with E-state index in [1.54, 1.807) is 0 Å². The number of carbonyl (C=O) groups excluding carboxylic acids is 2. The SMILES string of the molecule is CCNC(=O)CNC(=O)C(CN)C(C)C. The zero-order valence-electron chi connectivity index (χ0n) is 9.67. The monoisotopic (exact) mass is 215 g/mol. The topological polar surface area (TPSA) is 84.2 Å². The number of carbonyl (C=O) groups is 2. The van der Waals surface area contributed by atoms with Gasteiger partial charge in [-0.3, -0.25) is 9.59 Å². The van der Waals surface area contributed by atoms with Crippen LogP contribution >= 0.6 is 0 Å². The van der Waals surface area contributed by atoms with E-state index in [1.165, 1.54) is 0 Å². The van der Waals surface area contributed by atoms with Crippen LogP contribution in [-0.4, -0.2) is 31.4 Å². The predicted octanol–water partition coefficient (Wildman–Crippen LogP) is -0.530. The third-order valence-corrected chi connectivity index (χ3v) is 2.19. The molecule has 0 radical (unpaired) electrons. The number of likely N-dealkylation sites (N-methyl/N-ethyl adjacent to an activating group) is 1. The van der Waals surface area contributed by atoms with E-state index in [0.29, 0.717) is 13.1 Å². The van der Waals surface area contributed by atoms with Crippen molar-refractivity contribution in [1.82, 2.24) is 10.6 Å². The fourth-order valence-electron chi connectivity index (χ4n) is 1.24. The lowest BCUT2D eigenvalue weighted by molar-refractivity contribution is -0.129. The Balaban J connectivity index is 3.96. The van der Waals surface area contributed by atoms with Crippen LogP contribution in [0.15, 0.2) is 0 Å². The van der Waals surface area contributed by atoms with Crippen LogP contribution in [-0.2, 0) is 9.59 Å². The lowest BCUT2D eigenvalue weighted by Gasteiger charge is -2.17. The van der Waals surface area contributed by atoms with E-state index in [4.69, 9.17) is 5.73 Å². The standard InChI is InChI=1S/C10H21N3O2/c1-4-12-9(14)6-13-10(15)8(5-11)7(2)3/h7-8H,4-6,11H2,1-3H3,(H,12,14)(H,13,15). The van der Waals surface area contributed by atoms with Crippen LogP contribution < -0.4 is 16.4 Å². The summed E-state index contributed by atoms with van der Waals surface area (Å²) in [5.41, 5.74) is 5.48. The van der Waals surface area contributed by atoms with Gasteiger partial charge >= 0.3 is 0 Å². The molecule has 0 fully saturated rings. The minimum atomic E-state index is -0.223. The van der Waals surface area contributed by atoms with Gasteiger partial charge in [0.05, 0.1) is 12.5 Å². The Bertz CT molecular complexity index is 217. The molecular formula is C10H21N3O2. The van der Waals surface area contributed by atoms with Crippen LogP contribution in [0, 0.1) is 11.8 Å². The Hall–Kier alpha value is -1.10. The zero-order chi connectivity index (χ0) is 11.8. The molecule has 1 atom stereocenters. The number of hydrogen-bond donors (Lipinski definition) is 3. The van der Waals surface area contributed by atoms with Crippen LogP contribution in [0.25, 0.3) is 0 Å². The van der Waals surface area contributed by atoms with Crippen molar-refractivity contribution >= 4 is 11.8 Å². The van der Waals surface area contributed by atoms with Gasteiger partial charge in [-0.2, -0.15) is 0 Å². The van der Waals surface area contributed by atoms with Gasteiger partial charge in [0.2, 0.25) is 11.8 Å². The first-order chi connectivity index (χ1) is 7.02. The van der Waals surface area contributed by atoms with Crippen molar-refractivity contribution in [3.05, 3.63) is 0 Å². The summed E-state index contributed by atoms with van der Waals surface area (Å²) in [6.45, 7) is 6.59. The second-order valence-electron chi connectivity index (χ2n) is 3.76. The van der Waals surface area contributed by atoms with Gasteiger partial charge in [-0.05, 0) is 12.8 Å². The zero-order valence-corrected chi connectivity index (χ0v) is 9.67. The molecule has 5 heteroatoms. The summed E-state index contributed by atoms with van der Waals surface area (Å²) in [5, 5.41) is 5.17. The first-order valence-electron chi connectivity index (χ1n) is 5.27. The molecule has 0 aromatic carbocycles. The minimum Gasteiger partial charge on any atom is -0.355 e. The molecule has 4 N–H and O–H groups in total. The summed E-state index contributed by atoms with van der Waals surface area (Å²) < 4.78 is 0. The van der Waals surface area contributed by atoms with Crippen LogP contribution in [0.2, 0.25) is 0 Å². The molecule has 0 aliphatic rings. The van der Waals surface area contributed by atoms with Crippen molar-refractivity contribution in [2.24, 2.45) is 17.6 Å². The molecule has 1 unspecified atom stereocenters. The van der Waals surface area contributed by atoms with Gasteiger partial charge in [0.15, 0.2) is 0 Å². The van der Waals surface area contributed by atoms with E-state index in [0.717, 1.165) is 0 Å². The normalized spacial score (nSPS) is 12.3. The summed E-state index contributed by atoms with van der Waals surface area (Å²) >= 11 is 0. The third kappa shape index (κ3) is 5.37. The second-order valence-corrected chi connectivity index (χ2v) is 3.76. The number of nitrogens with two attached hydrogens (primary N) is 1. The van der Waals surface area contributed by atoms with Crippen molar-refractivity contribution in [3.63, 3.8) is 0 Å². The maximum Gasteiger partial charge on any atom is 0.239 e. The summed E-state index contributed by atoms with van der Waals surface area (Å²) in [6.07, 6.45) is 0. The first kappa shape index (κ1) is 13.9. The highest BCUT2D eigenvalue weighted by Crippen LogP contribution is 2.08. The van der Waals surface area contributed by atoms with E-state index in [2.05, 4.69) is 10.6 Å². The quantitative estimate of drug-likeness (QED) is 0.557. The Morgan fingerprint density at radius 1 is 1.27 bits per heavy atom. The summed E-state index contributed by atoms with van der Waals surface area (Å²) in [4.78, 5) is 22.6. The largest absolute Gasteiger partial charge is 0.355 e. The predicted molar refractivity (Wildman–Crippen MR) is 59.1 cm³/mol. The average molecular weight is 215 g/mol. The highest BCUT2D eigenvalue weighted by Gasteiger charge is 2.20. The third-order valence-electron chi connectivity index (χ3n) is 2.19. The van der Waals surface area contributed by atoms with Crippen molar-refractivity contribution in [2.45, 2.75) is 20.8 Å². The molecule has 0 aromatic heterocycles. The number of nitrogens with one attached hydrogen (secondary N) is 2. The molecule has 0 aromatic rings. The fraction of sp³-hybridized carbons (Fsp3) is 0.800. The summed E-state index contributed by atoms with van der Waals surface area (Å²) in [6, 6.07) is 0. The molecule has 2 amide bonds. The average Bonchev–Trinajstić information content (AvgIpc) is 2.15. The summed E-state index contributed by atoms with van der Waals surface area (Å²) in [7, 11) is 0. The molecule has 0 aliphatic carbocycles. The van der Waals surface area contributed by atoms with Crippen LogP contribution in [0.5, 0.6) is 0 Å². The van der Waals surface area contributed by atoms with Crippen LogP contribution in [0.1, 0.15) is 20.8 Å². The fourth-order valence-corrected chi connectivity index (χ4v) is 1.24. The lowest BCUT2D eigenvalue weighted by atomic mass is 9.95. The van der Waals surface area contributed by atoms with Gasteiger partial charge in [-0.1, -0.05) is 13.8 Å². The van der Waals surface area contributed by atoms with E-state index in [-0.39, 0.29) is 30.2 Å². The Kier molecular flexibility index (Phi) is 6.70. The van der Waals surface area contributed by atoms with Gasteiger partial charge in [0, 0.05) is 13.1 Å². The molecule has 0 bridgehead atoms. The maximum absolute atomic E-state index is 11.6. The maximum atomic E-state index is 11.6. The molecule has 0 spiro atoms. The lowest BCUT2D eigenvalue weighted by Crippen LogP contribution is -2.42. The van der Waals surface area contributed by atoms with Gasteiger partial charge in [-0.15, -0.1) is 0 Å². The van der Waals surface area contributed by atoms with Gasteiger partial charge in [-0.25, -0.2) is 0 Å². The van der Waals surface area contributed by atoms with Crippen molar-refractivity contribution in [3.8, 4) is 0 Å². The highest BCUT2D eigenvalue weighted by molar-refractivity contribution is 5.85. The minimum absolute atomic E-state index is 0.0237. The van der Waals surface area contributed by atoms with E-state index < -0.39 is 0 Å². The number of amides is 2. The molecule has 0 aliphatic heterocycles. The van der Waals surface area contributed by atoms with Crippen LogP contribution in [0.4, 0.5) is 0 Å². The van der Waals surface area contributed by atoms with E-state index in [1.807, 2.05) is 20.8 Å². The van der Waals surface area contributed by atoms with Crippen LogP contribution in [0.3, 0.4) is 0 Å². The van der Waals surface area contributed by atoms with E-state index in [9.17, 15) is 9.59 Å². The van der Waals surface area contributed by atoms with Crippen molar-refractivity contribution in [2.75, 3.05) is 19.6 Å². The Labute approximate surface area is 90.8 Å².